The van der Waals surface area contributed by atoms with E-state index >= 15 is 0 Å². The standard InChI is InChI=1S/C8H14N2.ClH/c1-2-7(9)6-8-4-3-5-10-8;/h3-5,7,10H,2,6,9H2,1H3;1H. The van der Waals surface area contributed by atoms with Gasteiger partial charge in [-0.2, -0.15) is 0 Å². The molecule has 1 aromatic rings. The largest absolute Gasteiger partial charge is 0.365 e. The molecule has 1 atom stereocenters. The molecule has 0 radical (unpaired) electrons. The molecule has 0 bridgehead atoms. The van der Waals surface area contributed by atoms with Crippen LogP contribution in [0.2, 0.25) is 0 Å². The van der Waals surface area contributed by atoms with Crippen LogP contribution in [0.3, 0.4) is 0 Å². The molecule has 1 heterocycles. The van der Waals surface area contributed by atoms with Crippen molar-refractivity contribution in [2.24, 2.45) is 5.73 Å². The molecule has 0 amide bonds. The van der Waals surface area contributed by atoms with Gasteiger partial charge in [0.15, 0.2) is 0 Å². The molecule has 0 saturated carbocycles. The zero-order valence-electron chi connectivity index (χ0n) is 6.71. The lowest BCUT2D eigenvalue weighted by Gasteiger charge is -2.05. The first-order valence-corrected chi connectivity index (χ1v) is 3.70. The third-order valence-corrected chi connectivity index (χ3v) is 1.67. The number of hydrogen-bond acceptors (Lipinski definition) is 1. The fourth-order valence-electron chi connectivity index (χ4n) is 0.921. The van der Waals surface area contributed by atoms with Crippen molar-refractivity contribution in [2.75, 3.05) is 0 Å². The number of aromatic amines is 1. The van der Waals surface area contributed by atoms with Crippen molar-refractivity contribution in [3.8, 4) is 0 Å². The lowest BCUT2D eigenvalue weighted by molar-refractivity contribution is 0.639. The van der Waals surface area contributed by atoms with E-state index in [-0.39, 0.29) is 12.4 Å². The maximum Gasteiger partial charge on any atom is 0.0162 e. The van der Waals surface area contributed by atoms with E-state index in [1.165, 1.54) is 5.69 Å². The molecule has 3 N–H and O–H groups in total. The molecule has 1 unspecified atom stereocenters. The number of hydrogen-bond donors (Lipinski definition) is 2. The van der Waals surface area contributed by atoms with Crippen molar-refractivity contribution in [3.63, 3.8) is 0 Å². The van der Waals surface area contributed by atoms with Crippen molar-refractivity contribution < 1.29 is 0 Å². The minimum atomic E-state index is 0. The average Bonchev–Trinajstić information content (AvgIpc) is 2.40. The van der Waals surface area contributed by atoms with E-state index in [1.807, 2.05) is 12.3 Å². The van der Waals surface area contributed by atoms with E-state index in [4.69, 9.17) is 5.73 Å². The summed E-state index contributed by atoms with van der Waals surface area (Å²) in [6.07, 6.45) is 3.93. The molecule has 0 aliphatic heterocycles. The third-order valence-electron chi connectivity index (χ3n) is 1.67. The van der Waals surface area contributed by atoms with Crippen LogP contribution < -0.4 is 5.73 Å². The number of rotatable bonds is 3. The van der Waals surface area contributed by atoms with Gasteiger partial charge in [0.2, 0.25) is 0 Å². The molecular weight excluding hydrogens is 160 g/mol. The zero-order valence-corrected chi connectivity index (χ0v) is 7.53. The SMILES string of the molecule is CCC(N)Cc1ccc[nH]1.Cl. The number of nitrogens with two attached hydrogens (primary N) is 1. The molecule has 0 aliphatic rings. The highest BCUT2D eigenvalue weighted by Gasteiger charge is 1.99. The van der Waals surface area contributed by atoms with Crippen LogP contribution in [-0.2, 0) is 6.42 Å². The Labute approximate surface area is 73.6 Å². The molecule has 3 heteroatoms. The Morgan fingerprint density at radius 2 is 2.36 bits per heavy atom. The Hall–Kier alpha value is -0.470. The number of H-pyrrole nitrogens is 1. The van der Waals surface area contributed by atoms with Gasteiger partial charge >= 0.3 is 0 Å². The van der Waals surface area contributed by atoms with Crippen LogP contribution in [0.4, 0.5) is 0 Å². The Morgan fingerprint density at radius 1 is 1.64 bits per heavy atom. The van der Waals surface area contributed by atoms with Gasteiger partial charge < -0.3 is 10.7 Å². The minimum Gasteiger partial charge on any atom is -0.365 e. The Kier molecular flexibility index (Phi) is 4.99. The molecular formula is C8H15ClN2. The van der Waals surface area contributed by atoms with Gasteiger partial charge in [-0.05, 0) is 18.6 Å². The summed E-state index contributed by atoms with van der Waals surface area (Å²) < 4.78 is 0. The van der Waals surface area contributed by atoms with Gasteiger partial charge in [0.05, 0.1) is 0 Å². The lowest BCUT2D eigenvalue weighted by Crippen LogP contribution is -2.21. The van der Waals surface area contributed by atoms with Gasteiger partial charge in [-0.3, -0.25) is 0 Å². The van der Waals surface area contributed by atoms with E-state index in [0.29, 0.717) is 6.04 Å². The quantitative estimate of drug-likeness (QED) is 0.720. The van der Waals surface area contributed by atoms with Crippen LogP contribution in [0.15, 0.2) is 18.3 Å². The average molecular weight is 175 g/mol. The number of aromatic nitrogens is 1. The monoisotopic (exact) mass is 174 g/mol. The number of nitrogens with one attached hydrogen (secondary N) is 1. The highest BCUT2D eigenvalue weighted by molar-refractivity contribution is 5.85. The van der Waals surface area contributed by atoms with Gasteiger partial charge in [0.25, 0.3) is 0 Å². The van der Waals surface area contributed by atoms with Gasteiger partial charge in [0, 0.05) is 24.4 Å². The molecule has 0 aromatic carbocycles. The fraction of sp³-hybridized carbons (Fsp3) is 0.500. The highest BCUT2D eigenvalue weighted by atomic mass is 35.5. The van der Waals surface area contributed by atoms with Crippen LogP contribution in [-0.4, -0.2) is 11.0 Å². The van der Waals surface area contributed by atoms with E-state index in [2.05, 4.69) is 18.0 Å². The summed E-state index contributed by atoms with van der Waals surface area (Å²) in [5, 5.41) is 0. The second kappa shape index (κ2) is 5.22. The van der Waals surface area contributed by atoms with Crippen molar-refractivity contribution in [3.05, 3.63) is 24.0 Å². The molecule has 2 nitrogen and oxygen atoms in total. The summed E-state index contributed by atoms with van der Waals surface area (Å²) in [4.78, 5) is 3.12. The summed E-state index contributed by atoms with van der Waals surface area (Å²) in [5.74, 6) is 0. The summed E-state index contributed by atoms with van der Waals surface area (Å²) >= 11 is 0. The van der Waals surface area contributed by atoms with Crippen LogP contribution in [0.1, 0.15) is 19.0 Å². The normalized spacial score (nSPS) is 12.2. The molecule has 0 fully saturated rings. The molecule has 1 rings (SSSR count). The second-order valence-corrected chi connectivity index (χ2v) is 2.57. The minimum absolute atomic E-state index is 0. The van der Waals surface area contributed by atoms with Crippen molar-refractivity contribution in [1.29, 1.82) is 0 Å². The molecule has 0 aliphatic carbocycles. The summed E-state index contributed by atoms with van der Waals surface area (Å²) in [6.45, 7) is 2.10. The highest BCUT2D eigenvalue weighted by Crippen LogP contribution is 1.99. The predicted molar refractivity (Wildman–Crippen MR) is 50.0 cm³/mol. The topological polar surface area (TPSA) is 41.8 Å². The summed E-state index contributed by atoms with van der Waals surface area (Å²) in [5.41, 5.74) is 6.98. The van der Waals surface area contributed by atoms with Gasteiger partial charge in [-0.25, -0.2) is 0 Å². The first-order valence-electron chi connectivity index (χ1n) is 3.70. The fourth-order valence-corrected chi connectivity index (χ4v) is 0.921. The van der Waals surface area contributed by atoms with E-state index in [1.54, 1.807) is 0 Å². The first-order chi connectivity index (χ1) is 4.83. The van der Waals surface area contributed by atoms with Gasteiger partial charge in [0.1, 0.15) is 0 Å². The second-order valence-electron chi connectivity index (χ2n) is 2.57. The van der Waals surface area contributed by atoms with E-state index < -0.39 is 0 Å². The van der Waals surface area contributed by atoms with Gasteiger partial charge in [-0.1, -0.05) is 6.92 Å². The zero-order chi connectivity index (χ0) is 7.40. The summed E-state index contributed by atoms with van der Waals surface area (Å²) in [6, 6.07) is 4.37. The molecule has 1 aromatic heterocycles. The predicted octanol–water partition coefficient (Wildman–Crippen LogP) is 1.72. The van der Waals surface area contributed by atoms with Gasteiger partial charge in [-0.15, -0.1) is 12.4 Å². The van der Waals surface area contributed by atoms with Crippen LogP contribution >= 0.6 is 12.4 Å². The number of halogens is 1. The third kappa shape index (κ3) is 3.44. The molecule has 11 heavy (non-hydrogen) atoms. The first kappa shape index (κ1) is 10.5. The van der Waals surface area contributed by atoms with Crippen LogP contribution in [0, 0.1) is 0 Å². The van der Waals surface area contributed by atoms with E-state index in [0.717, 1.165) is 12.8 Å². The summed E-state index contributed by atoms with van der Waals surface area (Å²) in [7, 11) is 0. The van der Waals surface area contributed by atoms with Crippen LogP contribution in [0.25, 0.3) is 0 Å². The lowest BCUT2D eigenvalue weighted by atomic mass is 10.1. The molecule has 0 saturated heterocycles. The molecule has 0 spiro atoms. The molecule has 64 valence electrons. The van der Waals surface area contributed by atoms with Crippen molar-refractivity contribution >= 4 is 12.4 Å². The Balaban J connectivity index is 0.000001000. The van der Waals surface area contributed by atoms with Crippen molar-refractivity contribution in [2.45, 2.75) is 25.8 Å². The maximum absolute atomic E-state index is 5.74. The Bertz CT molecular complexity index is 172. The van der Waals surface area contributed by atoms with Crippen LogP contribution in [0.5, 0.6) is 0 Å². The Morgan fingerprint density at radius 3 is 2.82 bits per heavy atom. The smallest absolute Gasteiger partial charge is 0.0162 e. The van der Waals surface area contributed by atoms with E-state index in [9.17, 15) is 0 Å². The van der Waals surface area contributed by atoms with Crippen molar-refractivity contribution in [1.82, 2.24) is 4.98 Å². The maximum atomic E-state index is 5.74.